The molecule has 1 fully saturated rings. The van der Waals surface area contributed by atoms with Crippen LogP contribution in [0.3, 0.4) is 0 Å². The lowest BCUT2D eigenvalue weighted by atomic mass is 10.1. The van der Waals surface area contributed by atoms with E-state index in [1.807, 2.05) is 12.1 Å². The van der Waals surface area contributed by atoms with Crippen LogP contribution in [0.4, 0.5) is 13.2 Å². The number of piperazine rings is 1. The Morgan fingerprint density at radius 3 is 2.25 bits per heavy atom. The summed E-state index contributed by atoms with van der Waals surface area (Å²) in [6, 6.07) is 15.6. The first-order valence-corrected chi connectivity index (χ1v) is 12.1. The van der Waals surface area contributed by atoms with Gasteiger partial charge in [0.25, 0.3) is 5.91 Å². The Morgan fingerprint density at radius 1 is 0.972 bits per heavy atom. The molecule has 1 aliphatic heterocycles. The van der Waals surface area contributed by atoms with Crippen LogP contribution in [0.5, 0.6) is 0 Å². The third-order valence-corrected chi connectivity index (χ3v) is 6.60. The summed E-state index contributed by atoms with van der Waals surface area (Å²) < 4.78 is 44.7. The van der Waals surface area contributed by atoms with Crippen LogP contribution < -0.4 is 0 Å². The van der Waals surface area contributed by atoms with Gasteiger partial charge in [-0.05, 0) is 47.5 Å². The number of hydrogen-bond donors (Lipinski definition) is 0. The minimum Gasteiger partial charge on any atom is -0.368 e. The fourth-order valence-corrected chi connectivity index (χ4v) is 4.33. The van der Waals surface area contributed by atoms with Gasteiger partial charge in [-0.25, -0.2) is 4.98 Å². The number of rotatable bonds is 7. The summed E-state index contributed by atoms with van der Waals surface area (Å²) in [4.78, 5) is 20.7. The predicted octanol–water partition coefficient (Wildman–Crippen LogP) is 6.12. The highest BCUT2D eigenvalue weighted by molar-refractivity contribution is 6.32. The van der Waals surface area contributed by atoms with Gasteiger partial charge in [0.2, 0.25) is 0 Å². The highest BCUT2D eigenvalue weighted by atomic mass is 35.5. The number of carbonyl (C=O) groups excluding carboxylic acids is 1. The largest absolute Gasteiger partial charge is 0.416 e. The van der Waals surface area contributed by atoms with Gasteiger partial charge in [0.1, 0.15) is 5.15 Å². The van der Waals surface area contributed by atoms with Crippen LogP contribution in [0.15, 0.2) is 66.9 Å². The van der Waals surface area contributed by atoms with E-state index in [0.29, 0.717) is 48.9 Å². The molecule has 10 heteroatoms. The van der Waals surface area contributed by atoms with Crippen LogP contribution in [-0.2, 0) is 17.5 Å². The first-order chi connectivity index (χ1) is 17.2. The lowest BCUT2D eigenvalue weighted by Crippen LogP contribution is -2.49. The summed E-state index contributed by atoms with van der Waals surface area (Å²) in [5, 5.41) is 0.783. The van der Waals surface area contributed by atoms with Crippen molar-refractivity contribution in [2.75, 3.05) is 32.7 Å². The van der Waals surface area contributed by atoms with E-state index >= 15 is 0 Å². The standard InChI is InChI=1S/C26H24Cl2F3N3O2/c27-21-9-5-19(6-10-21)23(36-17-18-3-7-20(8-4-18)26(29,30)31)16-33-12-14-34(15-13-33)25(35)22-2-1-11-32-24(22)28/h1-11,23H,12-17H2. The summed E-state index contributed by atoms with van der Waals surface area (Å²) in [5.41, 5.74) is 1.24. The molecule has 1 aromatic heterocycles. The molecule has 190 valence electrons. The molecule has 0 radical (unpaired) electrons. The van der Waals surface area contributed by atoms with Crippen LogP contribution in [0.25, 0.3) is 0 Å². The fourth-order valence-electron chi connectivity index (χ4n) is 4.00. The number of nitrogens with zero attached hydrogens (tertiary/aromatic N) is 3. The first-order valence-electron chi connectivity index (χ1n) is 11.4. The average molecular weight is 538 g/mol. The predicted molar refractivity (Wildman–Crippen MR) is 132 cm³/mol. The van der Waals surface area contributed by atoms with Gasteiger partial charge in [0, 0.05) is 43.9 Å². The minimum atomic E-state index is -4.38. The molecule has 4 rings (SSSR count). The Balaban J connectivity index is 1.39. The van der Waals surface area contributed by atoms with E-state index in [1.165, 1.54) is 12.1 Å². The normalized spacial score (nSPS) is 15.6. The monoisotopic (exact) mass is 537 g/mol. The van der Waals surface area contributed by atoms with E-state index in [2.05, 4.69) is 9.88 Å². The summed E-state index contributed by atoms with van der Waals surface area (Å²) in [7, 11) is 0. The number of aromatic nitrogens is 1. The Hall–Kier alpha value is -2.65. The van der Waals surface area contributed by atoms with Gasteiger partial charge in [-0.3, -0.25) is 9.69 Å². The molecule has 0 aliphatic carbocycles. The lowest BCUT2D eigenvalue weighted by Gasteiger charge is -2.36. The topological polar surface area (TPSA) is 45.7 Å². The molecule has 1 atom stereocenters. The van der Waals surface area contributed by atoms with Crippen molar-refractivity contribution in [1.82, 2.24) is 14.8 Å². The smallest absolute Gasteiger partial charge is 0.368 e. The van der Waals surface area contributed by atoms with Crippen LogP contribution in [0.2, 0.25) is 10.2 Å². The molecule has 0 spiro atoms. The van der Waals surface area contributed by atoms with Gasteiger partial charge in [-0.15, -0.1) is 0 Å². The first kappa shape index (κ1) is 26.4. The molecule has 1 saturated heterocycles. The summed E-state index contributed by atoms with van der Waals surface area (Å²) in [6.07, 6.45) is -3.17. The van der Waals surface area contributed by atoms with Crippen LogP contribution in [-0.4, -0.2) is 53.4 Å². The third-order valence-electron chi connectivity index (χ3n) is 6.05. The fraction of sp³-hybridized carbons (Fsp3) is 0.308. The summed E-state index contributed by atoms with van der Waals surface area (Å²) in [6.45, 7) is 3.03. The molecular weight excluding hydrogens is 514 g/mol. The maximum absolute atomic E-state index is 12.9. The summed E-state index contributed by atoms with van der Waals surface area (Å²) in [5.74, 6) is -0.152. The molecule has 2 aromatic carbocycles. The molecule has 0 N–H and O–H groups in total. The second-order valence-corrected chi connectivity index (χ2v) is 9.27. The maximum atomic E-state index is 12.9. The number of halogens is 5. The second kappa shape index (κ2) is 11.6. The molecule has 5 nitrogen and oxygen atoms in total. The minimum absolute atomic E-state index is 0.152. The highest BCUT2D eigenvalue weighted by Crippen LogP contribution is 2.30. The number of hydrogen-bond acceptors (Lipinski definition) is 4. The molecule has 3 aromatic rings. The third kappa shape index (κ3) is 6.76. The van der Waals surface area contributed by atoms with Gasteiger partial charge in [0.15, 0.2) is 0 Å². The van der Waals surface area contributed by atoms with Crippen molar-refractivity contribution < 1.29 is 22.7 Å². The average Bonchev–Trinajstić information content (AvgIpc) is 2.87. The van der Waals surface area contributed by atoms with Gasteiger partial charge < -0.3 is 9.64 Å². The molecule has 36 heavy (non-hydrogen) atoms. The molecule has 1 amide bonds. The Kier molecular flexibility index (Phi) is 8.51. The van der Waals surface area contributed by atoms with E-state index in [9.17, 15) is 18.0 Å². The van der Waals surface area contributed by atoms with E-state index in [4.69, 9.17) is 27.9 Å². The van der Waals surface area contributed by atoms with Crippen LogP contribution in [0.1, 0.15) is 33.2 Å². The Bertz CT molecular complexity index is 1170. The van der Waals surface area contributed by atoms with Gasteiger partial charge in [0.05, 0.1) is 23.8 Å². The quantitative estimate of drug-likeness (QED) is 0.340. The van der Waals surface area contributed by atoms with Gasteiger partial charge in [-0.1, -0.05) is 47.5 Å². The van der Waals surface area contributed by atoms with Crippen molar-refractivity contribution in [1.29, 1.82) is 0 Å². The lowest BCUT2D eigenvalue weighted by molar-refractivity contribution is -0.137. The second-order valence-electron chi connectivity index (χ2n) is 8.48. The highest BCUT2D eigenvalue weighted by Gasteiger charge is 2.30. The number of amides is 1. The van der Waals surface area contributed by atoms with E-state index in [1.54, 1.807) is 35.4 Å². The van der Waals surface area contributed by atoms with Crippen molar-refractivity contribution in [3.8, 4) is 0 Å². The van der Waals surface area contributed by atoms with Gasteiger partial charge in [-0.2, -0.15) is 13.2 Å². The number of alkyl halides is 3. The van der Waals surface area contributed by atoms with Crippen molar-refractivity contribution in [2.45, 2.75) is 18.9 Å². The van der Waals surface area contributed by atoms with E-state index < -0.39 is 11.7 Å². The number of benzene rings is 2. The number of carbonyl (C=O) groups is 1. The molecule has 0 bridgehead atoms. The summed E-state index contributed by atoms with van der Waals surface area (Å²) >= 11 is 12.1. The molecule has 1 aliphatic rings. The zero-order chi connectivity index (χ0) is 25.7. The van der Waals surface area contributed by atoms with Crippen LogP contribution in [0, 0.1) is 0 Å². The molecule has 1 unspecified atom stereocenters. The van der Waals surface area contributed by atoms with E-state index in [0.717, 1.165) is 17.7 Å². The molecule has 0 saturated carbocycles. The Morgan fingerprint density at radius 2 is 1.64 bits per heavy atom. The zero-order valence-corrected chi connectivity index (χ0v) is 20.7. The van der Waals surface area contributed by atoms with Crippen molar-refractivity contribution in [2.24, 2.45) is 0 Å². The molecule has 2 heterocycles. The van der Waals surface area contributed by atoms with Crippen LogP contribution >= 0.6 is 23.2 Å². The van der Waals surface area contributed by atoms with Gasteiger partial charge >= 0.3 is 6.18 Å². The van der Waals surface area contributed by atoms with Crippen molar-refractivity contribution in [3.05, 3.63) is 99.3 Å². The van der Waals surface area contributed by atoms with E-state index in [-0.39, 0.29) is 23.8 Å². The zero-order valence-electron chi connectivity index (χ0n) is 19.2. The number of ether oxygens (including phenoxy) is 1. The Labute approximate surface area is 217 Å². The SMILES string of the molecule is O=C(c1cccnc1Cl)N1CCN(CC(OCc2ccc(C(F)(F)F)cc2)c2ccc(Cl)cc2)CC1. The maximum Gasteiger partial charge on any atom is 0.416 e. The van der Waals surface area contributed by atoms with Crippen molar-refractivity contribution in [3.63, 3.8) is 0 Å². The molecular formula is C26H24Cl2F3N3O2. The van der Waals surface area contributed by atoms with Crippen molar-refractivity contribution >= 4 is 29.1 Å². The number of pyridine rings is 1.